The van der Waals surface area contributed by atoms with Gasteiger partial charge in [0, 0.05) is 5.69 Å². The van der Waals surface area contributed by atoms with E-state index in [1.165, 1.54) is 18.2 Å². The maximum absolute atomic E-state index is 13.1. The van der Waals surface area contributed by atoms with Crippen molar-refractivity contribution in [2.24, 2.45) is 0 Å². The lowest BCUT2D eigenvalue weighted by Crippen LogP contribution is -2.02. The topological polar surface area (TPSA) is 97.2 Å². The summed E-state index contributed by atoms with van der Waals surface area (Å²) in [5.41, 5.74) is 6.38. The fraction of sp³-hybridized carbons (Fsp3) is 0. The smallest absolute Gasteiger partial charge is 0.198 e. The van der Waals surface area contributed by atoms with Crippen LogP contribution < -0.4 is 11.1 Å². The van der Waals surface area contributed by atoms with E-state index < -0.39 is 5.82 Å². The Morgan fingerprint density at radius 2 is 2.28 bits per heavy atom. The summed E-state index contributed by atoms with van der Waals surface area (Å²) in [6, 6.07) is 4.27. The molecule has 0 aliphatic rings. The summed E-state index contributed by atoms with van der Waals surface area (Å²) in [5.74, 6) is -0.360. The molecule has 0 fully saturated rings. The molecular weight excluding hydrogens is 307 g/mol. The summed E-state index contributed by atoms with van der Waals surface area (Å²) in [6.45, 7) is 0. The Morgan fingerprint density at radius 3 is 2.83 bits per heavy atom. The molecular formula is C10H8BrFN4O2. The minimum absolute atomic E-state index is 0.0315. The zero-order chi connectivity index (χ0) is 13.1. The first-order chi connectivity index (χ1) is 8.61. The molecule has 0 saturated heterocycles. The van der Waals surface area contributed by atoms with Gasteiger partial charge in [0.1, 0.15) is 17.8 Å². The van der Waals surface area contributed by atoms with Crippen LogP contribution in [0.5, 0.6) is 0 Å². The molecule has 0 unspecified atom stereocenters. The number of nitrogen functional groups attached to an aromatic ring is 1. The van der Waals surface area contributed by atoms with Gasteiger partial charge in [-0.15, -0.1) is 0 Å². The second-order valence-corrected chi connectivity index (χ2v) is 4.15. The number of nitrogens with one attached hydrogen (secondary N) is 1. The minimum atomic E-state index is -0.391. The number of aliphatic hydroxyl groups excluding tert-OH is 1. The highest BCUT2D eigenvalue weighted by Crippen LogP contribution is 2.24. The summed E-state index contributed by atoms with van der Waals surface area (Å²) in [4.78, 5) is 0. The molecule has 0 spiro atoms. The highest BCUT2D eigenvalue weighted by atomic mass is 79.9. The van der Waals surface area contributed by atoms with Gasteiger partial charge in [-0.2, -0.15) is 0 Å². The normalized spacial score (nSPS) is 11.6. The number of hydrogen-bond acceptors (Lipinski definition) is 6. The van der Waals surface area contributed by atoms with Crippen LogP contribution in [-0.2, 0) is 0 Å². The zero-order valence-corrected chi connectivity index (χ0v) is 10.5. The predicted octanol–water partition coefficient (Wildman–Crippen LogP) is 2.52. The number of halogens is 2. The third-order valence-electron chi connectivity index (χ3n) is 2.10. The highest BCUT2D eigenvalue weighted by molar-refractivity contribution is 9.10. The van der Waals surface area contributed by atoms with Gasteiger partial charge in [0.2, 0.25) is 0 Å². The fourth-order valence-corrected chi connectivity index (χ4v) is 1.64. The molecule has 0 bridgehead atoms. The summed E-state index contributed by atoms with van der Waals surface area (Å²) in [5, 5.41) is 18.9. The first kappa shape index (κ1) is 12.4. The number of aliphatic hydroxyl groups is 1. The first-order valence-corrected chi connectivity index (χ1v) is 5.56. The second-order valence-electron chi connectivity index (χ2n) is 3.29. The van der Waals surface area contributed by atoms with Crippen molar-refractivity contribution in [3.8, 4) is 0 Å². The van der Waals surface area contributed by atoms with E-state index >= 15 is 0 Å². The van der Waals surface area contributed by atoms with Gasteiger partial charge in [0.05, 0.1) is 4.47 Å². The second kappa shape index (κ2) is 5.05. The molecule has 18 heavy (non-hydrogen) atoms. The van der Waals surface area contributed by atoms with Gasteiger partial charge in [0.25, 0.3) is 0 Å². The van der Waals surface area contributed by atoms with Crippen LogP contribution in [0.2, 0.25) is 0 Å². The third-order valence-corrected chi connectivity index (χ3v) is 2.70. The van der Waals surface area contributed by atoms with Gasteiger partial charge in [-0.05, 0) is 44.4 Å². The lowest BCUT2D eigenvalue weighted by molar-refractivity contribution is 0.307. The Balaban J connectivity index is 2.27. The minimum Gasteiger partial charge on any atom is -0.513 e. The molecule has 0 atom stereocenters. The number of nitrogens with zero attached hydrogens (tertiary/aromatic N) is 2. The molecule has 1 aromatic carbocycles. The zero-order valence-electron chi connectivity index (χ0n) is 8.89. The van der Waals surface area contributed by atoms with Crippen LogP contribution in [0.4, 0.5) is 15.9 Å². The van der Waals surface area contributed by atoms with E-state index in [4.69, 9.17) is 10.8 Å². The average molecular weight is 315 g/mol. The van der Waals surface area contributed by atoms with Crippen molar-refractivity contribution in [3.63, 3.8) is 0 Å². The van der Waals surface area contributed by atoms with Crippen molar-refractivity contribution in [2.75, 3.05) is 11.1 Å². The maximum atomic E-state index is 13.1. The standard InChI is InChI=1S/C10H8BrFN4O2/c11-6-3-5(1-2-7(6)12)14-8(4-17)9-10(13)16-18-15-9/h1-4,14,17H,(H2,13,16)/b8-4-. The van der Waals surface area contributed by atoms with Crippen LogP contribution in [-0.4, -0.2) is 15.4 Å². The van der Waals surface area contributed by atoms with Crippen molar-refractivity contribution in [3.05, 3.63) is 40.4 Å². The molecule has 0 radical (unpaired) electrons. The van der Waals surface area contributed by atoms with Gasteiger partial charge >= 0.3 is 0 Å². The molecule has 2 aromatic rings. The molecule has 0 aliphatic heterocycles. The van der Waals surface area contributed by atoms with E-state index in [1.807, 2.05) is 0 Å². The van der Waals surface area contributed by atoms with Crippen LogP contribution in [0.3, 0.4) is 0 Å². The molecule has 0 aliphatic carbocycles. The van der Waals surface area contributed by atoms with Crippen LogP contribution in [0.1, 0.15) is 5.69 Å². The molecule has 0 amide bonds. The van der Waals surface area contributed by atoms with E-state index in [2.05, 4.69) is 36.2 Å². The van der Waals surface area contributed by atoms with Crippen LogP contribution >= 0.6 is 15.9 Å². The van der Waals surface area contributed by atoms with E-state index in [0.29, 0.717) is 5.69 Å². The van der Waals surface area contributed by atoms with Gasteiger partial charge in [-0.25, -0.2) is 9.02 Å². The van der Waals surface area contributed by atoms with Crippen LogP contribution in [0.25, 0.3) is 5.70 Å². The Hall–Kier alpha value is -2.09. The Bertz CT molecular complexity index is 599. The largest absolute Gasteiger partial charge is 0.513 e. The molecule has 94 valence electrons. The monoisotopic (exact) mass is 314 g/mol. The SMILES string of the molecule is Nc1nonc1/C(=C/O)Nc1ccc(F)c(Br)c1. The van der Waals surface area contributed by atoms with Crippen molar-refractivity contribution in [2.45, 2.75) is 0 Å². The van der Waals surface area contributed by atoms with Gasteiger partial charge in [0.15, 0.2) is 11.5 Å². The Labute approximate surface area is 109 Å². The molecule has 1 heterocycles. The summed E-state index contributed by atoms with van der Waals surface area (Å²) in [6.07, 6.45) is 0.771. The van der Waals surface area contributed by atoms with Crippen molar-refractivity contribution >= 4 is 33.1 Å². The van der Waals surface area contributed by atoms with Crippen molar-refractivity contribution in [1.82, 2.24) is 10.3 Å². The summed E-state index contributed by atoms with van der Waals surface area (Å²) >= 11 is 3.05. The highest BCUT2D eigenvalue weighted by Gasteiger charge is 2.13. The summed E-state index contributed by atoms with van der Waals surface area (Å²) < 4.78 is 17.8. The lowest BCUT2D eigenvalue weighted by atomic mass is 10.2. The first-order valence-electron chi connectivity index (χ1n) is 4.76. The number of nitrogens with two attached hydrogens (primary N) is 1. The van der Waals surface area contributed by atoms with Crippen molar-refractivity contribution in [1.29, 1.82) is 0 Å². The number of benzene rings is 1. The van der Waals surface area contributed by atoms with E-state index in [9.17, 15) is 4.39 Å². The van der Waals surface area contributed by atoms with Crippen LogP contribution in [0.15, 0.2) is 33.6 Å². The van der Waals surface area contributed by atoms with Crippen molar-refractivity contribution < 1.29 is 14.1 Å². The van der Waals surface area contributed by atoms with Crippen LogP contribution in [0, 0.1) is 5.82 Å². The molecule has 2 rings (SSSR count). The van der Waals surface area contributed by atoms with E-state index in [1.54, 1.807) is 0 Å². The van der Waals surface area contributed by atoms with E-state index in [-0.39, 0.29) is 21.7 Å². The number of rotatable bonds is 3. The Kier molecular flexibility index (Phi) is 3.47. The van der Waals surface area contributed by atoms with Gasteiger partial charge < -0.3 is 16.2 Å². The Morgan fingerprint density at radius 1 is 1.50 bits per heavy atom. The lowest BCUT2D eigenvalue weighted by Gasteiger charge is -2.08. The summed E-state index contributed by atoms with van der Waals surface area (Å²) in [7, 11) is 0. The van der Waals surface area contributed by atoms with Gasteiger partial charge in [-0.1, -0.05) is 0 Å². The number of hydrogen-bond donors (Lipinski definition) is 3. The number of aromatic nitrogens is 2. The maximum Gasteiger partial charge on any atom is 0.198 e. The number of anilines is 2. The molecule has 6 nitrogen and oxygen atoms in total. The fourth-order valence-electron chi connectivity index (χ4n) is 1.26. The predicted molar refractivity (Wildman–Crippen MR) is 67.0 cm³/mol. The molecule has 1 aromatic heterocycles. The van der Waals surface area contributed by atoms with E-state index in [0.717, 1.165) is 6.26 Å². The third kappa shape index (κ3) is 2.43. The quantitative estimate of drug-likeness (QED) is 0.753. The molecule has 0 saturated carbocycles. The molecule has 8 heteroatoms. The van der Waals surface area contributed by atoms with Gasteiger partial charge in [-0.3, -0.25) is 0 Å². The average Bonchev–Trinajstić information content (AvgIpc) is 2.77. The molecule has 4 N–H and O–H groups in total.